The first-order valence-corrected chi connectivity index (χ1v) is 7.98. The fraction of sp³-hybridized carbons (Fsp3) is 0.158. The molecular formula is C19H14Cl2. The summed E-state index contributed by atoms with van der Waals surface area (Å²) in [5, 5.41) is 3.29. The van der Waals surface area contributed by atoms with E-state index in [1.807, 2.05) is 24.3 Å². The maximum absolute atomic E-state index is 6.74. The van der Waals surface area contributed by atoms with Gasteiger partial charge in [0, 0.05) is 5.02 Å². The second kappa shape index (κ2) is 5.05. The minimum absolute atomic E-state index is 0.146. The first kappa shape index (κ1) is 13.2. The fourth-order valence-electron chi connectivity index (χ4n) is 3.30. The molecule has 1 aliphatic carbocycles. The van der Waals surface area contributed by atoms with Gasteiger partial charge in [0.05, 0.1) is 5.38 Å². The van der Waals surface area contributed by atoms with Gasteiger partial charge < -0.3 is 0 Å². The highest BCUT2D eigenvalue weighted by molar-refractivity contribution is 6.30. The molecule has 1 aliphatic rings. The number of rotatable bonds is 2. The van der Waals surface area contributed by atoms with Crippen LogP contribution in [0.15, 0.2) is 54.6 Å². The molecule has 0 bridgehead atoms. The van der Waals surface area contributed by atoms with E-state index in [0.717, 1.165) is 23.4 Å². The topological polar surface area (TPSA) is 0 Å². The first-order chi connectivity index (χ1) is 10.2. The predicted molar refractivity (Wildman–Crippen MR) is 90.5 cm³/mol. The van der Waals surface area contributed by atoms with Crippen molar-refractivity contribution in [3.63, 3.8) is 0 Å². The van der Waals surface area contributed by atoms with E-state index in [9.17, 15) is 0 Å². The Labute approximate surface area is 134 Å². The lowest BCUT2D eigenvalue weighted by atomic mass is 9.95. The Morgan fingerprint density at radius 1 is 0.810 bits per heavy atom. The molecular weight excluding hydrogens is 299 g/mol. The van der Waals surface area contributed by atoms with Crippen molar-refractivity contribution in [2.24, 2.45) is 0 Å². The molecule has 0 spiro atoms. The number of aryl methyl sites for hydroxylation is 2. The summed E-state index contributed by atoms with van der Waals surface area (Å²) >= 11 is 12.7. The van der Waals surface area contributed by atoms with Gasteiger partial charge in [0.25, 0.3) is 0 Å². The van der Waals surface area contributed by atoms with Gasteiger partial charge in [0.1, 0.15) is 0 Å². The van der Waals surface area contributed by atoms with E-state index in [4.69, 9.17) is 23.2 Å². The van der Waals surface area contributed by atoms with Gasteiger partial charge in [-0.2, -0.15) is 0 Å². The van der Waals surface area contributed by atoms with Gasteiger partial charge in [-0.15, -0.1) is 11.6 Å². The Morgan fingerprint density at radius 2 is 1.52 bits per heavy atom. The zero-order valence-corrected chi connectivity index (χ0v) is 13.0. The molecule has 0 nitrogen and oxygen atoms in total. The van der Waals surface area contributed by atoms with Crippen LogP contribution in [0.3, 0.4) is 0 Å². The fourth-order valence-corrected chi connectivity index (χ4v) is 3.76. The van der Waals surface area contributed by atoms with Crippen LogP contribution in [0.2, 0.25) is 5.02 Å². The van der Waals surface area contributed by atoms with Crippen molar-refractivity contribution in [3.05, 3.63) is 81.9 Å². The Balaban J connectivity index is 1.89. The minimum Gasteiger partial charge on any atom is -0.113 e. The highest BCUT2D eigenvalue weighted by Gasteiger charge is 2.19. The van der Waals surface area contributed by atoms with Crippen molar-refractivity contribution in [2.45, 2.75) is 18.2 Å². The molecule has 3 aromatic rings. The molecule has 0 radical (unpaired) electrons. The molecule has 104 valence electrons. The highest BCUT2D eigenvalue weighted by Crippen LogP contribution is 2.39. The summed E-state index contributed by atoms with van der Waals surface area (Å²) in [4.78, 5) is 0. The van der Waals surface area contributed by atoms with Crippen molar-refractivity contribution < 1.29 is 0 Å². The SMILES string of the molecule is Clc1ccc(C(Cl)c2ccc3c4c(cccc24)CC3)cc1. The summed E-state index contributed by atoms with van der Waals surface area (Å²) in [5.74, 6) is 0. The number of benzene rings is 3. The van der Waals surface area contributed by atoms with Crippen LogP contribution in [-0.4, -0.2) is 0 Å². The molecule has 0 amide bonds. The third-order valence-electron chi connectivity index (χ3n) is 4.35. The Morgan fingerprint density at radius 3 is 2.29 bits per heavy atom. The average Bonchev–Trinajstić information content (AvgIpc) is 2.93. The number of halogens is 2. The Kier molecular flexibility index (Phi) is 3.17. The standard InChI is InChI=1S/C19H14Cl2/c20-15-9-6-14(7-10-15)19(21)17-11-8-13-5-4-12-2-1-3-16(17)18(12)13/h1-3,6-11,19H,4-5H2. The van der Waals surface area contributed by atoms with Gasteiger partial charge in [0.15, 0.2) is 0 Å². The molecule has 1 atom stereocenters. The van der Waals surface area contributed by atoms with Crippen molar-refractivity contribution in [1.82, 2.24) is 0 Å². The molecule has 0 fully saturated rings. The van der Waals surface area contributed by atoms with Gasteiger partial charge >= 0.3 is 0 Å². The van der Waals surface area contributed by atoms with Crippen LogP contribution in [0, 0.1) is 0 Å². The largest absolute Gasteiger partial charge is 0.113 e. The van der Waals surface area contributed by atoms with E-state index < -0.39 is 0 Å². The van der Waals surface area contributed by atoms with Crippen molar-refractivity contribution in [2.75, 3.05) is 0 Å². The Bertz CT molecular complexity index is 809. The summed E-state index contributed by atoms with van der Waals surface area (Å²) in [6, 6.07) is 18.8. The van der Waals surface area contributed by atoms with Crippen LogP contribution in [0.5, 0.6) is 0 Å². The molecule has 0 N–H and O–H groups in total. The van der Waals surface area contributed by atoms with Gasteiger partial charge in [0.2, 0.25) is 0 Å². The minimum atomic E-state index is -0.146. The predicted octanol–water partition coefficient (Wildman–Crippen LogP) is 5.92. The van der Waals surface area contributed by atoms with E-state index in [1.165, 1.54) is 27.5 Å². The monoisotopic (exact) mass is 312 g/mol. The smallest absolute Gasteiger partial charge is 0.0841 e. The number of alkyl halides is 1. The second-order valence-corrected chi connectivity index (χ2v) is 6.44. The zero-order valence-electron chi connectivity index (χ0n) is 11.4. The van der Waals surface area contributed by atoms with Crippen molar-refractivity contribution >= 4 is 34.0 Å². The third kappa shape index (κ3) is 2.14. The normalized spacial score (nSPS) is 14.6. The summed E-state index contributed by atoms with van der Waals surface area (Å²) < 4.78 is 0. The lowest BCUT2D eigenvalue weighted by molar-refractivity contribution is 1.02. The molecule has 0 saturated carbocycles. The van der Waals surface area contributed by atoms with Crippen LogP contribution in [0.4, 0.5) is 0 Å². The molecule has 0 aliphatic heterocycles. The van der Waals surface area contributed by atoms with E-state index in [1.54, 1.807) is 0 Å². The lowest BCUT2D eigenvalue weighted by Crippen LogP contribution is -1.95. The molecule has 0 heterocycles. The lowest BCUT2D eigenvalue weighted by Gasteiger charge is -2.15. The molecule has 3 aromatic carbocycles. The summed E-state index contributed by atoms with van der Waals surface area (Å²) in [6.45, 7) is 0. The van der Waals surface area contributed by atoms with Crippen LogP contribution >= 0.6 is 23.2 Å². The Hall–Kier alpha value is -1.50. The molecule has 4 rings (SSSR count). The van der Waals surface area contributed by atoms with Gasteiger partial charge in [-0.25, -0.2) is 0 Å². The van der Waals surface area contributed by atoms with Crippen LogP contribution in [-0.2, 0) is 12.8 Å². The molecule has 0 saturated heterocycles. The maximum atomic E-state index is 6.74. The summed E-state index contributed by atoms with van der Waals surface area (Å²) in [7, 11) is 0. The van der Waals surface area contributed by atoms with Crippen LogP contribution < -0.4 is 0 Å². The van der Waals surface area contributed by atoms with Gasteiger partial charge in [-0.3, -0.25) is 0 Å². The van der Waals surface area contributed by atoms with E-state index in [-0.39, 0.29) is 5.38 Å². The number of hydrogen-bond acceptors (Lipinski definition) is 0. The van der Waals surface area contributed by atoms with E-state index in [0.29, 0.717) is 0 Å². The molecule has 21 heavy (non-hydrogen) atoms. The number of hydrogen-bond donors (Lipinski definition) is 0. The summed E-state index contributed by atoms with van der Waals surface area (Å²) in [5.41, 5.74) is 5.16. The maximum Gasteiger partial charge on any atom is 0.0841 e. The van der Waals surface area contributed by atoms with Crippen molar-refractivity contribution in [3.8, 4) is 0 Å². The van der Waals surface area contributed by atoms with Gasteiger partial charge in [-0.05, 0) is 58.0 Å². The van der Waals surface area contributed by atoms with Gasteiger partial charge in [-0.1, -0.05) is 54.1 Å². The molecule has 0 aromatic heterocycles. The van der Waals surface area contributed by atoms with E-state index >= 15 is 0 Å². The second-order valence-electron chi connectivity index (χ2n) is 5.57. The zero-order chi connectivity index (χ0) is 14.4. The third-order valence-corrected chi connectivity index (χ3v) is 5.09. The summed E-state index contributed by atoms with van der Waals surface area (Å²) in [6.07, 6.45) is 2.29. The highest BCUT2D eigenvalue weighted by atomic mass is 35.5. The average molecular weight is 313 g/mol. The molecule has 2 heteroatoms. The first-order valence-electron chi connectivity index (χ1n) is 7.17. The molecule has 1 unspecified atom stereocenters. The van der Waals surface area contributed by atoms with Crippen molar-refractivity contribution in [1.29, 1.82) is 0 Å². The van der Waals surface area contributed by atoms with Crippen LogP contribution in [0.25, 0.3) is 10.8 Å². The quantitative estimate of drug-likeness (QED) is 0.515. The van der Waals surface area contributed by atoms with Crippen LogP contribution in [0.1, 0.15) is 27.6 Å². The van der Waals surface area contributed by atoms with E-state index in [2.05, 4.69) is 30.3 Å².